The van der Waals surface area contributed by atoms with Crippen LogP contribution in [0.1, 0.15) is 5.56 Å². The Morgan fingerprint density at radius 1 is 1.29 bits per heavy atom. The SMILES string of the molecule is O=[N+]([O-])c1cc(Br)cc(C=Nc2cccc(Cl)c2Cl)c1[O-]. The molecule has 0 aliphatic heterocycles. The molecule has 0 radical (unpaired) electrons. The normalized spacial score (nSPS) is 11.0. The van der Waals surface area contributed by atoms with Gasteiger partial charge in [-0.25, -0.2) is 0 Å². The molecule has 2 rings (SSSR count). The van der Waals surface area contributed by atoms with Crippen molar-refractivity contribution in [3.05, 3.63) is 60.5 Å². The number of aliphatic imine (C=N–C) groups is 1. The summed E-state index contributed by atoms with van der Waals surface area (Å²) in [5.74, 6) is -0.717. The van der Waals surface area contributed by atoms with Gasteiger partial charge >= 0.3 is 0 Å². The van der Waals surface area contributed by atoms with E-state index in [1.165, 1.54) is 12.3 Å². The van der Waals surface area contributed by atoms with Crippen molar-refractivity contribution in [2.75, 3.05) is 0 Å². The van der Waals surface area contributed by atoms with Crippen molar-refractivity contribution in [3.8, 4) is 5.75 Å². The lowest BCUT2D eigenvalue weighted by Crippen LogP contribution is -2.02. The smallest absolute Gasteiger partial charge is 0.263 e. The van der Waals surface area contributed by atoms with E-state index in [0.29, 0.717) is 15.2 Å². The minimum atomic E-state index is -0.739. The number of halogens is 3. The molecule has 0 unspecified atom stereocenters. The zero-order valence-corrected chi connectivity index (χ0v) is 13.3. The molecule has 5 nitrogen and oxygen atoms in total. The summed E-state index contributed by atoms with van der Waals surface area (Å²) in [7, 11) is 0. The van der Waals surface area contributed by atoms with E-state index in [9.17, 15) is 15.2 Å². The van der Waals surface area contributed by atoms with E-state index in [2.05, 4.69) is 20.9 Å². The van der Waals surface area contributed by atoms with Crippen LogP contribution in [0, 0.1) is 10.1 Å². The first kappa shape index (κ1) is 15.8. The van der Waals surface area contributed by atoms with Gasteiger partial charge in [-0.1, -0.05) is 45.2 Å². The molecule has 8 heteroatoms. The van der Waals surface area contributed by atoms with Crippen LogP contribution in [0.5, 0.6) is 5.75 Å². The fourth-order valence-corrected chi connectivity index (χ4v) is 2.37. The Balaban J connectivity index is 2.46. The molecule has 0 aliphatic carbocycles. The summed E-state index contributed by atoms with van der Waals surface area (Å²) < 4.78 is 0.410. The molecule has 0 fully saturated rings. The van der Waals surface area contributed by atoms with Gasteiger partial charge in [0, 0.05) is 16.8 Å². The quantitative estimate of drug-likeness (QED) is 0.441. The number of hydrogen-bond acceptors (Lipinski definition) is 4. The van der Waals surface area contributed by atoms with E-state index >= 15 is 0 Å². The molecule has 0 N–H and O–H groups in total. The van der Waals surface area contributed by atoms with Crippen LogP contribution in [-0.4, -0.2) is 11.1 Å². The first-order valence-corrected chi connectivity index (χ1v) is 7.08. The lowest BCUT2D eigenvalue weighted by Gasteiger charge is -2.11. The van der Waals surface area contributed by atoms with E-state index in [1.807, 2.05) is 0 Å². The van der Waals surface area contributed by atoms with Crippen LogP contribution in [0.3, 0.4) is 0 Å². The van der Waals surface area contributed by atoms with E-state index in [4.69, 9.17) is 23.2 Å². The lowest BCUT2D eigenvalue weighted by atomic mass is 10.2. The second-order valence-corrected chi connectivity index (χ2v) is 5.63. The van der Waals surface area contributed by atoms with Crippen molar-refractivity contribution in [1.29, 1.82) is 0 Å². The van der Waals surface area contributed by atoms with Crippen LogP contribution >= 0.6 is 39.1 Å². The van der Waals surface area contributed by atoms with Crippen LogP contribution in [0.2, 0.25) is 10.0 Å². The van der Waals surface area contributed by atoms with Gasteiger partial charge < -0.3 is 5.11 Å². The Kier molecular flexibility index (Phi) is 4.82. The van der Waals surface area contributed by atoms with E-state index in [1.54, 1.807) is 18.2 Å². The Hall–Kier alpha value is -1.63. The monoisotopic (exact) mass is 387 g/mol. The molecule has 0 atom stereocenters. The van der Waals surface area contributed by atoms with Gasteiger partial charge in [-0.2, -0.15) is 0 Å². The maximum absolute atomic E-state index is 11.9. The molecule has 108 valence electrons. The van der Waals surface area contributed by atoms with Crippen LogP contribution in [0.25, 0.3) is 0 Å². The highest BCUT2D eigenvalue weighted by atomic mass is 79.9. The number of nitro groups is 1. The Bertz CT molecular complexity index is 750. The third kappa shape index (κ3) is 3.53. The average Bonchev–Trinajstić information content (AvgIpc) is 2.43. The molecule has 0 saturated heterocycles. The topological polar surface area (TPSA) is 78.6 Å². The van der Waals surface area contributed by atoms with Crippen molar-refractivity contribution >= 4 is 56.7 Å². The minimum absolute atomic E-state index is 0.0760. The summed E-state index contributed by atoms with van der Waals surface area (Å²) in [5.41, 5.74) is -0.0821. The largest absolute Gasteiger partial charge is 0.867 e. The lowest BCUT2D eigenvalue weighted by molar-refractivity contribution is -0.398. The van der Waals surface area contributed by atoms with Crippen LogP contribution in [0.4, 0.5) is 11.4 Å². The molecule has 2 aromatic carbocycles. The Morgan fingerprint density at radius 3 is 2.67 bits per heavy atom. The van der Waals surface area contributed by atoms with Crippen LogP contribution < -0.4 is 5.11 Å². The first-order chi connectivity index (χ1) is 9.90. The predicted octanol–water partition coefficient (Wildman–Crippen LogP) is 4.49. The third-order valence-corrected chi connectivity index (χ3v) is 3.80. The van der Waals surface area contributed by atoms with Crippen LogP contribution in [0.15, 0.2) is 39.8 Å². The van der Waals surface area contributed by atoms with E-state index in [0.717, 1.165) is 6.07 Å². The number of nitro benzene ring substituents is 1. The fourth-order valence-electron chi connectivity index (χ4n) is 1.56. The first-order valence-electron chi connectivity index (χ1n) is 5.53. The van der Waals surface area contributed by atoms with Gasteiger partial charge in [-0.3, -0.25) is 15.1 Å². The third-order valence-electron chi connectivity index (χ3n) is 2.53. The molecule has 2 aromatic rings. The summed E-state index contributed by atoms with van der Waals surface area (Å²) in [6, 6.07) is 7.46. The molecule has 0 bridgehead atoms. The predicted molar refractivity (Wildman–Crippen MR) is 84.0 cm³/mol. The van der Waals surface area contributed by atoms with Gasteiger partial charge in [-0.05, 0) is 29.5 Å². The van der Waals surface area contributed by atoms with Crippen molar-refractivity contribution in [2.24, 2.45) is 4.99 Å². The highest BCUT2D eigenvalue weighted by Gasteiger charge is 2.11. The van der Waals surface area contributed by atoms with Gasteiger partial charge in [0.05, 0.1) is 20.7 Å². The van der Waals surface area contributed by atoms with Crippen molar-refractivity contribution in [1.82, 2.24) is 0 Å². The summed E-state index contributed by atoms with van der Waals surface area (Å²) in [6.07, 6.45) is 1.22. The van der Waals surface area contributed by atoms with Gasteiger partial charge in [0.1, 0.15) is 0 Å². The highest BCUT2D eigenvalue weighted by Crippen LogP contribution is 2.33. The zero-order valence-electron chi connectivity index (χ0n) is 10.2. The number of nitrogens with zero attached hydrogens (tertiary/aromatic N) is 2. The summed E-state index contributed by atoms with van der Waals surface area (Å²) in [5, 5.41) is 23.3. The molecule has 0 aliphatic rings. The van der Waals surface area contributed by atoms with Gasteiger partial charge in [-0.15, -0.1) is 0 Å². The molecule has 0 amide bonds. The molecule has 0 saturated carbocycles. The Morgan fingerprint density at radius 2 is 2.00 bits per heavy atom. The summed E-state index contributed by atoms with van der Waals surface area (Å²) in [6.45, 7) is 0. The van der Waals surface area contributed by atoms with Crippen molar-refractivity contribution < 1.29 is 10.0 Å². The van der Waals surface area contributed by atoms with Crippen LogP contribution in [-0.2, 0) is 0 Å². The maximum atomic E-state index is 11.9. The number of hydrogen-bond donors (Lipinski definition) is 0. The number of benzene rings is 2. The minimum Gasteiger partial charge on any atom is -0.867 e. The zero-order chi connectivity index (χ0) is 15.6. The van der Waals surface area contributed by atoms with E-state index < -0.39 is 16.4 Å². The molecule has 0 heterocycles. The molecular formula is C13H6BrCl2N2O3-. The van der Waals surface area contributed by atoms with Gasteiger partial charge in [0.25, 0.3) is 5.69 Å². The summed E-state index contributed by atoms with van der Waals surface area (Å²) in [4.78, 5) is 14.1. The standard InChI is InChI=1S/C13H7BrCl2N2O3/c14-8-4-7(13(19)11(5-8)18(20)21)6-17-10-3-1-2-9(15)12(10)16/h1-6,19H/p-1. The average molecular weight is 389 g/mol. The number of rotatable bonds is 3. The highest BCUT2D eigenvalue weighted by molar-refractivity contribution is 9.10. The molecular weight excluding hydrogens is 383 g/mol. The Labute approximate surface area is 138 Å². The fraction of sp³-hybridized carbons (Fsp3) is 0. The van der Waals surface area contributed by atoms with Crippen molar-refractivity contribution in [2.45, 2.75) is 0 Å². The second-order valence-electron chi connectivity index (χ2n) is 3.93. The molecule has 21 heavy (non-hydrogen) atoms. The maximum Gasteiger partial charge on any atom is 0.263 e. The van der Waals surface area contributed by atoms with Gasteiger partial charge in [0.15, 0.2) is 0 Å². The molecule has 0 aromatic heterocycles. The van der Waals surface area contributed by atoms with Gasteiger partial charge in [0.2, 0.25) is 0 Å². The second kappa shape index (κ2) is 6.43. The van der Waals surface area contributed by atoms with Crippen molar-refractivity contribution in [3.63, 3.8) is 0 Å². The van der Waals surface area contributed by atoms with E-state index in [-0.39, 0.29) is 10.6 Å². The summed E-state index contributed by atoms with van der Waals surface area (Å²) >= 11 is 14.9. The molecule has 0 spiro atoms.